The van der Waals surface area contributed by atoms with E-state index in [4.69, 9.17) is 32.0 Å². The molecule has 4 heterocycles. The third-order valence-electron chi connectivity index (χ3n) is 5.81. The molecule has 2 aliphatic rings. The van der Waals surface area contributed by atoms with Gasteiger partial charge < -0.3 is 20.0 Å². The maximum Gasteiger partial charge on any atom is 0.373 e. The van der Waals surface area contributed by atoms with Gasteiger partial charge >= 0.3 is 24.1 Å². The molecule has 4 N–H and O–H groups in total. The highest BCUT2D eigenvalue weighted by Gasteiger charge is 2.19. The average Bonchev–Trinajstić information content (AvgIpc) is 2.94. The topological polar surface area (TPSA) is 210 Å². The minimum Gasteiger partial charge on any atom is -0.480 e. The molecule has 0 aliphatic carbocycles. The van der Waals surface area contributed by atoms with Crippen LogP contribution in [-0.2, 0) is 19.2 Å². The lowest BCUT2D eigenvalue weighted by Gasteiger charge is -2.32. The van der Waals surface area contributed by atoms with Gasteiger partial charge in [-0.15, -0.1) is 0 Å². The van der Waals surface area contributed by atoms with E-state index in [9.17, 15) is 14.4 Å². The summed E-state index contributed by atoms with van der Waals surface area (Å²) in [5.41, 5.74) is 8.58. The fraction of sp³-hybridized carbons (Fsp3) is 0.414. The Morgan fingerprint density at radius 1 is 0.848 bits per heavy atom. The van der Waals surface area contributed by atoms with Crippen molar-refractivity contribution >= 4 is 52.9 Å². The first kappa shape index (κ1) is 40.9. The normalized spacial score (nSPS) is 13.1. The average molecular weight is 660 g/mol. The van der Waals surface area contributed by atoms with Crippen LogP contribution in [0.15, 0.2) is 59.0 Å². The van der Waals surface area contributed by atoms with Crippen molar-refractivity contribution in [2.24, 2.45) is 10.2 Å². The molecule has 0 saturated carbocycles. The number of carbonyl (C=O) groups excluding carboxylic acids is 3. The Labute approximate surface area is 273 Å². The summed E-state index contributed by atoms with van der Waals surface area (Å²) in [6.07, 6.45) is 5.99. The quantitative estimate of drug-likeness (QED) is 0.181. The van der Waals surface area contributed by atoms with Crippen molar-refractivity contribution in [2.45, 2.75) is 34.1 Å². The summed E-state index contributed by atoms with van der Waals surface area (Å²) in [7, 11) is 1.43. The number of likely N-dealkylation sites (tertiary alicyclic amines) is 2. The van der Waals surface area contributed by atoms with E-state index in [2.05, 4.69) is 35.9 Å². The number of likely N-dealkylation sites (N-methyl/N-ethyl adjacent to an activating group) is 1. The molecule has 4 rings (SSSR count). The van der Waals surface area contributed by atoms with Crippen molar-refractivity contribution in [3.8, 4) is 0 Å². The van der Waals surface area contributed by atoms with Gasteiger partial charge in [0, 0.05) is 38.6 Å². The van der Waals surface area contributed by atoms with Crippen molar-refractivity contribution in [3.63, 3.8) is 0 Å². The van der Waals surface area contributed by atoms with E-state index in [1.54, 1.807) is 17.3 Å². The molecule has 16 nitrogen and oxygen atoms in total. The van der Waals surface area contributed by atoms with Gasteiger partial charge in [-0.1, -0.05) is 19.6 Å². The second-order valence-corrected chi connectivity index (χ2v) is 9.77. The first-order chi connectivity index (χ1) is 21.5. The molecular formula is C29H41N9O7S. The van der Waals surface area contributed by atoms with Crippen molar-refractivity contribution in [1.82, 2.24) is 35.5 Å². The molecule has 0 atom stereocenters. The molecule has 0 aromatic carbocycles. The predicted molar refractivity (Wildman–Crippen MR) is 174 cm³/mol. The summed E-state index contributed by atoms with van der Waals surface area (Å²) in [5, 5.41) is 25.2. The minimum atomic E-state index is -1.02. The summed E-state index contributed by atoms with van der Waals surface area (Å²) in [5.74, 6) is -2.05. The van der Waals surface area contributed by atoms with E-state index >= 15 is 0 Å². The van der Waals surface area contributed by atoms with Crippen LogP contribution in [0.2, 0.25) is 0 Å². The molecule has 250 valence electrons. The van der Waals surface area contributed by atoms with Crippen LogP contribution < -0.4 is 10.9 Å². The van der Waals surface area contributed by atoms with E-state index in [1.165, 1.54) is 18.4 Å². The van der Waals surface area contributed by atoms with Crippen LogP contribution >= 0.6 is 12.2 Å². The molecule has 2 aromatic rings. The molecule has 2 fully saturated rings. The number of amides is 2. The molecule has 2 aliphatic heterocycles. The molecule has 2 aromatic heterocycles. The molecule has 17 heteroatoms. The van der Waals surface area contributed by atoms with E-state index in [1.807, 2.05) is 50.2 Å². The number of aliphatic carboxylic acids is 2. The molecule has 2 amide bonds. The number of hydrogen-bond acceptors (Lipinski definition) is 11. The number of thiocarbonyl (C=S) groups is 1. The summed E-state index contributed by atoms with van der Waals surface area (Å²) < 4.78 is 0. The molecule has 0 radical (unpaired) electrons. The number of hydrazone groups is 2. The van der Waals surface area contributed by atoms with Crippen molar-refractivity contribution in [1.29, 1.82) is 0 Å². The molecule has 2 saturated heterocycles. The van der Waals surface area contributed by atoms with Gasteiger partial charge in [0.15, 0.2) is 5.11 Å². The number of nitrogens with zero attached hydrogens (tertiary/aromatic N) is 7. The first-order valence-electron chi connectivity index (χ1n) is 13.6. The number of hydrogen-bond donors (Lipinski definition) is 4. The zero-order valence-corrected chi connectivity index (χ0v) is 26.1. The molecule has 0 spiro atoms. The van der Waals surface area contributed by atoms with Gasteiger partial charge in [0.05, 0.1) is 35.9 Å². The van der Waals surface area contributed by atoms with Crippen molar-refractivity contribution in [2.75, 3.05) is 46.3 Å². The smallest absolute Gasteiger partial charge is 0.373 e. The number of aromatic nitrogens is 2. The number of carboxylic acids is 2. The Morgan fingerprint density at radius 3 is 1.59 bits per heavy atom. The second kappa shape index (κ2) is 23.3. The summed E-state index contributed by atoms with van der Waals surface area (Å²) in [6, 6.07) is 11.2. The Bertz CT molecular complexity index is 1240. The fourth-order valence-corrected chi connectivity index (χ4v) is 3.46. The number of carbonyl (C=O) groups is 3. The Balaban J connectivity index is 0.000000643. The van der Waals surface area contributed by atoms with Crippen molar-refractivity contribution < 1.29 is 34.2 Å². The van der Waals surface area contributed by atoms with Crippen LogP contribution in [0.4, 0.5) is 4.79 Å². The van der Waals surface area contributed by atoms with E-state index in [0.717, 1.165) is 49.7 Å². The van der Waals surface area contributed by atoms with Crippen LogP contribution in [-0.4, -0.2) is 122 Å². The summed E-state index contributed by atoms with van der Waals surface area (Å²) in [6.45, 7) is 6.95. The van der Waals surface area contributed by atoms with Gasteiger partial charge in [0.2, 0.25) is 0 Å². The molecule has 0 unspecified atom stereocenters. The number of pyridine rings is 2. The predicted octanol–water partition coefficient (Wildman–Crippen LogP) is 1.75. The standard InChI is InChI=1S/C11H14N4O.C11H14N4S.C5H9NO4.CO2.CH4/c2*1-9(10-5-2-3-6-12-10)13-14-11(16)15-7-4-8-15;1-6(2-4(7)8)3-5(9)10;2-1-3;/h2*2-3,5-6H,4,7-8H2,1H3,(H,14,16);2-3H2,1H3,(H,7,8)(H,9,10);;1H4/b2*13-9+;;;. The Morgan fingerprint density at radius 2 is 1.26 bits per heavy atom. The van der Waals surface area contributed by atoms with Crippen LogP contribution in [0.1, 0.15) is 45.5 Å². The van der Waals surface area contributed by atoms with E-state index < -0.39 is 11.9 Å². The minimum absolute atomic E-state index is 0. The van der Waals surface area contributed by atoms with E-state index in [0.29, 0.717) is 10.8 Å². The third-order valence-corrected chi connectivity index (χ3v) is 6.16. The van der Waals surface area contributed by atoms with Crippen molar-refractivity contribution in [3.05, 3.63) is 60.2 Å². The van der Waals surface area contributed by atoms with E-state index in [-0.39, 0.29) is 32.7 Å². The zero-order chi connectivity index (χ0) is 33.6. The van der Waals surface area contributed by atoms with Gasteiger partial charge in [0.1, 0.15) is 0 Å². The molecule has 46 heavy (non-hydrogen) atoms. The van der Waals surface area contributed by atoms with Gasteiger partial charge in [-0.2, -0.15) is 19.8 Å². The number of carboxylic acid groups (broad SMARTS) is 2. The van der Waals surface area contributed by atoms with Crippen LogP contribution in [0.5, 0.6) is 0 Å². The van der Waals surface area contributed by atoms with Crippen LogP contribution in [0.3, 0.4) is 0 Å². The van der Waals surface area contributed by atoms with Gasteiger partial charge in [-0.3, -0.25) is 29.9 Å². The van der Waals surface area contributed by atoms with Crippen LogP contribution in [0.25, 0.3) is 0 Å². The lowest BCUT2D eigenvalue weighted by molar-refractivity contribution is -0.191. The summed E-state index contributed by atoms with van der Waals surface area (Å²) in [4.78, 5) is 61.0. The SMILES string of the molecule is C.C/C(=N\NC(=O)N1CCC1)c1ccccn1.C/C(=N\NC(=S)N1CCC1)c1ccccn1.CN(CC(=O)O)CC(=O)O.O=C=O. The highest BCUT2D eigenvalue weighted by Crippen LogP contribution is 2.06. The summed E-state index contributed by atoms with van der Waals surface area (Å²) >= 11 is 5.18. The first-order valence-corrected chi connectivity index (χ1v) is 14.0. The lowest BCUT2D eigenvalue weighted by Crippen LogP contribution is -2.46. The molecular weight excluding hydrogens is 618 g/mol. The highest BCUT2D eigenvalue weighted by atomic mass is 32.1. The number of nitrogens with one attached hydrogen (secondary N) is 2. The lowest BCUT2D eigenvalue weighted by atomic mass is 10.2. The van der Waals surface area contributed by atoms with Crippen LogP contribution in [0, 0.1) is 0 Å². The maximum absolute atomic E-state index is 11.4. The molecule has 0 bridgehead atoms. The third kappa shape index (κ3) is 17.2. The Kier molecular flexibility index (Phi) is 20.7. The second-order valence-electron chi connectivity index (χ2n) is 9.38. The Hall–Kier alpha value is -5.12. The van der Waals surface area contributed by atoms with Gasteiger partial charge in [-0.05, 0) is 70.2 Å². The maximum atomic E-state index is 11.4. The fourth-order valence-electron chi connectivity index (χ4n) is 3.23. The van der Waals surface area contributed by atoms with Gasteiger partial charge in [-0.25, -0.2) is 10.2 Å². The number of urea groups is 1. The highest BCUT2D eigenvalue weighted by molar-refractivity contribution is 7.80. The van der Waals surface area contributed by atoms with Gasteiger partial charge in [0.25, 0.3) is 0 Å². The largest absolute Gasteiger partial charge is 0.480 e. The number of rotatable bonds is 8. The monoisotopic (exact) mass is 659 g/mol. The zero-order valence-electron chi connectivity index (χ0n) is 25.3.